The van der Waals surface area contributed by atoms with Gasteiger partial charge in [0.15, 0.2) is 5.70 Å². The van der Waals surface area contributed by atoms with Gasteiger partial charge in [0, 0.05) is 20.3 Å². The zero-order chi connectivity index (χ0) is 8.43. The molecule has 62 valence electrons. The van der Waals surface area contributed by atoms with Gasteiger partial charge in [-0.15, -0.1) is 5.53 Å². The summed E-state index contributed by atoms with van der Waals surface area (Å²) >= 11 is 0. The molecule has 0 spiro atoms. The van der Waals surface area contributed by atoms with Crippen molar-refractivity contribution in [1.29, 1.82) is 0 Å². The monoisotopic (exact) mass is 157 g/mol. The number of nitrogens with zero attached hydrogens (tertiary/aromatic N) is 2. The van der Waals surface area contributed by atoms with Crippen molar-refractivity contribution in [3.05, 3.63) is 11.9 Å². The summed E-state index contributed by atoms with van der Waals surface area (Å²) in [4.78, 5) is 11.0. The van der Waals surface area contributed by atoms with Gasteiger partial charge in [-0.1, -0.05) is 0 Å². The molecule has 1 N–H and O–H groups in total. The summed E-state index contributed by atoms with van der Waals surface area (Å²) < 4.78 is 4.54. The average molecular weight is 157 g/mol. The van der Waals surface area contributed by atoms with Gasteiger partial charge in [0.05, 0.1) is 7.11 Å². The van der Waals surface area contributed by atoms with Gasteiger partial charge in [-0.25, -0.2) is 4.79 Å². The Kier molecular flexibility index (Phi) is 2.00. The molecule has 0 saturated carbocycles. The number of methoxy groups -OCH3 is 1. The molecule has 0 bridgehead atoms. The molecule has 0 unspecified atom stereocenters. The molecule has 1 heterocycles. The summed E-state index contributed by atoms with van der Waals surface area (Å²) in [5.41, 5.74) is 3.35. The molecule has 1 rings (SSSR count). The maximum absolute atomic E-state index is 11.0. The molecule has 11 heavy (non-hydrogen) atoms. The Morgan fingerprint density at radius 2 is 2.27 bits per heavy atom. The topological polar surface area (TPSA) is 44.8 Å². The second-order valence-electron chi connectivity index (χ2n) is 2.28. The molecule has 0 amide bonds. The van der Waals surface area contributed by atoms with E-state index in [1.807, 2.05) is 0 Å². The Hall–Kier alpha value is -1.23. The molecule has 0 saturated heterocycles. The third kappa shape index (κ3) is 1.43. The van der Waals surface area contributed by atoms with Crippen LogP contribution in [-0.2, 0) is 9.53 Å². The molecule has 0 aromatic rings. The summed E-state index contributed by atoms with van der Waals surface area (Å²) in [5, 5.41) is 3.26. The van der Waals surface area contributed by atoms with Gasteiger partial charge < -0.3 is 4.74 Å². The Morgan fingerprint density at radius 1 is 1.64 bits per heavy atom. The fourth-order valence-corrected chi connectivity index (χ4v) is 0.884. The molecule has 0 aliphatic carbocycles. The van der Waals surface area contributed by atoms with E-state index in [9.17, 15) is 4.79 Å². The summed E-state index contributed by atoms with van der Waals surface area (Å²) in [6, 6.07) is 0. The Labute approximate surface area is 65.2 Å². The highest BCUT2D eigenvalue weighted by Crippen LogP contribution is 2.07. The molecular formula is C6H11N3O2. The van der Waals surface area contributed by atoms with Crippen molar-refractivity contribution in [1.82, 2.24) is 15.6 Å². The predicted octanol–water partition coefficient (Wildman–Crippen LogP) is -0.702. The molecule has 1 aliphatic heterocycles. The highest BCUT2D eigenvalue weighted by atomic mass is 16.5. The van der Waals surface area contributed by atoms with Gasteiger partial charge in [-0.3, -0.25) is 10.0 Å². The summed E-state index contributed by atoms with van der Waals surface area (Å²) in [5.74, 6) is -0.343. The van der Waals surface area contributed by atoms with E-state index in [4.69, 9.17) is 0 Å². The van der Waals surface area contributed by atoms with Crippen LogP contribution >= 0.6 is 0 Å². The Morgan fingerprint density at radius 3 is 2.64 bits per heavy atom. The second kappa shape index (κ2) is 2.79. The van der Waals surface area contributed by atoms with E-state index >= 15 is 0 Å². The fraction of sp³-hybridized carbons (Fsp3) is 0.500. The van der Waals surface area contributed by atoms with Crippen molar-refractivity contribution >= 4 is 5.97 Å². The smallest absolute Gasteiger partial charge is 0.357 e. The fourth-order valence-electron chi connectivity index (χ4n) is 0.884. The predicted molar refractivity (Wildman–Crippen MR) is 38.8 cm³/mol. The van der Waals surface area contributed by atoms with Crippen molar-refractivity contribution in [2.75, 3.05) is 21.2 Å². The van der Waals surface area contributed by atoms with Crippen LogP contribution in [0.2, 0.25) is 0 Å². The lowest BCUT2D eigenvalue weighted by Crippen LogP contribution is -2.36. The van der Waals surface area contributed by atoms with Crippen LogP contribution in [0.15, 0.2) is 11.9 Å². The zero-order valence-corrected chi connectivity index (χ0v) is 6.79. The first-order valence-corrected chi connectivity index (χ1v) is 3.18. The van der Waals surface area contributed by atoms with Crippen LogP contribution in [0.4, 0.5) is 0 Å². The van der Waals surface area contributed by atoms with E-state index in [1.165, 1.54) is 7.11 Å². The van der Waals surface area contributed by atoms with Crippen LogP contribution in [0.1, 0.15) is 0 Å². The standard InChI is InChI=1S/C6H11N3O2/c1-8-4-5(6(10)11-3)9(2)7-8/h4,7H,1-3H3. The minimum atomic E-state index is -0.343. The molecule has 5 nitrogen and oxygen atoms in total. The van der Waals surface area contributed by atoms with Crippen LogP contribution < -0.4 is 5.53 Å². The van der Waals surface area contributed by atoms with Gasteiger partial charge in [-0.2, -0.15) is 0 Å². The normalized spacial score (nSPS) is 16.8. The van der Waals surface area contributed by atoms with E-state index in [1.54, 1.807) is 30.3 Å². The lowest BCUT2D eigenvalue weighted by Gasteiger charge is -2.15. The quantitative estimate of drug-likeness (QED) is 0.510. The van der Waals surface area contributed by atoms with Crippen LogP contribution in [-0.4, -0.2) is 37.2 Å². The van der Waals surface area contributed by atoms with Crippen LogP contribution in [0.5, 0.6) is 0 Å². The number of rotatable bonds is 1. The number of hydrogen-bond acceptors (Lipinski definition) is 5. The lowest BCUT2D eigenvalue weighted by atomic mass is 10.5. The minimum absolute atomic E-state index is 0.343. The number of carbonyl (C=O) groups is 1. The van der Waals surface area contributed by atoms with Gasteiger partial charge >= 0.3 is 5.97 Å². The molecule has 5 heteroatoms. The lowest BCUT2D eigenvalue weighted by molar-refractivity contribution is -0.137. The average Bonchev–Trinajstić information content (AvgIpc) is 2.28. The third-order valence-electron chi connectivity index (χ3n) is 1.38. The number of hydrogen-bond donors (Lipinski definition) is 1. The highest BCUT2D eigenvalue weighted by molar-refractivity contribution is 5.87. The zero-order valence-electron chi connectivity index (χ0n) is 6.79. The van der Waals surface area contributed by atoms with Crippen molar-refractivity contribution in [3.8, 4) is 0 Å². The second-order valence-corrected chi connectivity index (χ2v) is 2.28. The minimum Gasteiger partial charge on any atom is -0.464 e. The molecule has 0 aromatic heterocycles. The molecule has 0 aromatic carbocycles. The molecule has 0 radical (unpaired) electrons. The highest BCUT2D eigenvalue weighted by Gasteiger charge is 2.21. The first kappa shape index (κ1) is 7.87. The van der Waals surface area contributed by atoms with Crippen molar-refractivity contribution in [2.24, 2.45) is 0 Å². The Balaban J connectivity index is 2.71. The summed E-state index contributed by atoms with van der Waals surface area (Å²) in [6.45, 7) is 0. The van der Waals surface area contributed by atoms with Crippen LogP contribution in [0, 0.1) is 0 Å². The maximum atomic E-state index is 11.0. The number of esters is 1. The largest absolute Gasteiger partial charge is 0.464 e. The summed E-state index contributed by atoms with van der Waals surface area (Å²) in [7, 11) is 4.90. The van der Waals surface area contributed by atoms with Crippen molar-refractivity contribution in [2.45, 2.75) is 0 Å². The first-order chi connectivity index (χ1) is 5.15. The third-order valence-corrected chi connectivity index (χ3v) is 1.38. The van der Waals surface area contributed by atoms with E-state index < -0.39 is 0 Å². The first-order valence-electron chi connectivity index (χ1n) is 3.18. The number of carbonyl (C=O) groups excluding carboxylic acids is 1. The molecule has 1 aliphatic rings. The van der Waals surface area contributed by atoms with E-state index in [0.717, 1.165) is 0 Å². The molecular weight excluding hydrogens is 146 g/mol. The van der Waals surface area contributed by atoms with Crippen molar-refractivity contribution in [3.63, 3.8) is 0 Å². The van der Waals surface area contributed by atoms with Crippen LogP contribution in [0.3, 0.4) is 0 Å². The van der Waals surface area contributed by atoms with Crippen LogP contribution in [0.25, 0.3) is 0 Å². The SMILES string of the molecule is COC(=O)C1=CN(C)NN1C. The van der Waals surface area contributed by atoms with Gasteiger partial charge in [0.1, 0.15) is 0 Å². The Bertz CT molecular complexity index is 202. The van der Waals surface area contributed by atoms with Gasteiger partial charge in [0.2, 0.25) is 0 Å². The van der Waals surface area contributed by atoms with E-state index in [2.05, 4.69) is 10.3 Å². The number of likely N-dealkylation sites (N-methyl/N-ethyl adjacent to an activating group) is 1. The summed E-state index contributed by atoms with van der Waals surface area (Å²) in [6.07, 6.45) is 1.66. The maximum Gasteiger partial charge on any atom is 0.357 e. The molecule has 0 fully saturated rings. The number of hydrazine groups is 2. The van der Waals surface area contributed by atoms with E-state index in [-0.39, 0.29) is 5.97 Å². The van der Waals surface area contributed by atoms with E-state index in [0.29, 0.717) is 5.70 Å². The number of ether oxygens (including phenoxy) is 1. The molecule has 0 atom stereocenters. The van der Waals surface area contributed by atoms with Gasteiger partial charge in [0.25, 0.3) is 0 Å². The van der Waals surface area contributed by atoms with Gasteiger partial charge in [-0.05, 0) is 0 Å². The number of nitrogens with one attached hydrogen (secondary N) is 1. The van der Waals surface area contributed by atoms with Crippen molar-refractivity contribution < 1.29 is 9.53 Å².